The first-order valence-electron chi connectivity index (χ1n) is 11.5. The Kier molecular flexibility index (Phi) is 6.96. The smallest absolute Gasteiger partial charge is 0.272 e. The molecule has 1 fully saturated rings. The van der Waals surface area contributed by atoms with E-state index in [1.165, 1.54) is 6.42 Å². The fourth-order valence-corrected chi connectivity index (χ4v) is 4.68. The van der Waals surface area contributed by atoms with Gasteiger partial charge in [-0.3, -0.25) is 14.3 Å². The SMILES string of the molecule is CCCCCC1CN(CC(=O)N2CCCCC2)C(=O)c2cc(-c3ccc(Cl)cc3)nn21. The van der Waals surface area contributed by atoms with Gasteiger partial charge in [0.15, 0.2) is 0 Å². The summed E-state index contributed by atoms with van der Waals surface area (Å²) in [6.07, 6.45) is 7.61. The van der Waals surface area contributed by atoms with E-state index in [1.807, 2.05) is 39.9 Å². The number of rotatable bonds is 7. The third-order valence-corrected chi connectivity index (χ3v) is 6.59. The summed E-state index contributed by atoms with van der Waals surface area (Å²) < 4.78 is 1.89. The Morgan fingerprint density at radius 1 is 1.13 bits per heavy atom. The van der Waals surface area contributed by atoms with Crippen molar-refractivity contribution in [1.82, 2.24) is 19.6 Å². The largest absolute Gasteiger partial charge is 0.341 e. The van der Waals surface area contributed by atoms with Crippen LogP contribution in [0.15, 0.2) is 30.3 Å². The van der Waals surface area contributed by atoms with E-state index in [1.54, 1.807) is 4.90 Å². The van der Waals surface area contributed by atoms with Crippen LogP contribution in [0.25, 0.3) is 11.3 Å². The number of carbonyl (C=O) groups excluding carboxylic acids is 2. The molecule has 31 heavy (non-hydrogen) atoms. The normalized spacial score (nSPS) is 18.9. The second-order valence-electron chi connectivity index (χ2n) is 8.64. The molecule has 6 nitrogen and oxygen atoms in total. The van der Waals surface area contributed by atoms with Crippen LogP contribution < -0.4 is 0 Å². The first kappa shape index (κ1) is 21.9. The highest BCUT2D eigenvalue weighted by Crippen LogP contribution is 2.30. The molecular formula is C24H31ClN4O2. The third kappa shape index (κ3) is 4.95. The Bertz CT molecular complexity index is 918. The van der Waals surface area contributed by atoms with Crippen LogP contribution in [0, 0.1) is 0 Å². The van der Waals surface area contributed by atoms with Crippen LogP contribution >= 0.6 is 11.6 Å². The van der Waals surface area contributed by atoms with Crippen LogP contribution in [-0.4, -0.2) is 57.6 Å². The number of unbranched alkanes of at least 4 members (excludes halogenated alkanes) is 2. The quantitative estimate of drug-likeness (QED) is 0.579. The van der Waals surface area contributed by atoms with Crippen LogP contribution in [0.3, 0.4) is 0 Å². The number of hydrogen-bond donors (Lipinski definition) is 0. The number of likely N-dealkylation sites (tertiary alicyclic amines) is 1. The zero-order valence-corrected chi connectivity index (χ0v) is 19.0. The molecule has 1 aromatic heterocycles. The predicted molar refractivity (Wildman–Crippen MR) is 122 cm³/mol. The van der Waals surface area contributed by atoms with Crippen molar-refractivity contribution in [2.75, 3.05) is 26.2 Å². The van der Waals surface area contributed by atoms with Gasteiger partial charge in [0.2, 0.25) is 5.91 Å². The van der Waals surface area contributed by atoms with Gasteiger partial charge in [0.25, 0.3) is 5.91 Å². The molecule has 2 aliphatic rings. The molecule has 0 radical (unpaired) electrons. The minimum absolute atomic E-state index is 0.0613. The summed E-state index contributed by atoms with van der Waals surface area (Å²) in [5.41, 5.74) is 2.27. The number of amides is 2. The maximum atomic E-state index is 13.3. The Morgan fingerprint density at radius 2 is 1.87 bits per heavy atom. The number of nitrogens with zero attached hydrogens (tertiary/aromatic N) is 4. The molecule has 1 aromatic carbocycles. The van der Waals surface area contributed by atoms with Gasteiger partial charge in [-0.1, -0.05) is 49.9 Å². The lowest BCUT2D eigenvalue weighted by Gasteiger charge is -2.35. The lowest BCUT2D eigenvalue weighted by atomic mass is 10.0. The van der Waals surface area contributed by atoms with E-state index in [9.17, 15) is 9.59 Å². The van der Waals surface area contributed by atoms with Crippen LogP contribution in [0.2, 0.25) is 5.02 Å². The number of halogens is 1. The first-order valence-corrected chi connectivity index (χ1v) is 11.9. The first-order chi connectivity index (χ1) is 15.1. The highest BCUT2D eigenvalue weighted by atomic mass is 35.5. The van der Waals surface area contributed by atoms with Gasteiger partial charge in [-0.2, -0.15) is 5.10 Å². The van der Waals surface area contributed by atoms with Gasteiger partial charge in [-0.25, -0.2) is 0 Å². The van der Waals surface area contributed by atoms with Crippen LogP contribution in [0.4, 0.5) is 0 Å². The molecule has 2 aliphatic heterocycles. The zero-order valence-electron chi connectivity index (χ0n) is 18.2. The van der Waals surface area contributed by atoms with E-state index in [0.717, 1.165) is 62.9 Å². The summed E-state index contributed by atoms with van der Waals surface area (Å²) >= 11 is 6.03. The fraction of sp³-hybridized carbons (Fsp3) is 0.542. The van der Waals surface area contributed by atoms with E-state index in [0.29, 0.717) is 17.3 Å². The minimum atomic E-state index is -0.107. The van der Waals surface area contributed by atoms with Crippen LogP contribution in [0.5, 0.6) is 0 Å². The number of benzene rings is 1. The maximum Gasteiger partial charge on any atom is 0.272 e. The van der Waals surface area contributed by atoms with Gasteiger partial charge in [-0.05, 0) is 43.9 Å². The molecule has 166 valence electrons. The van der Waals surface area contributed by atoms with Crippen molar-refractivity contribution in [2.24, 2.45) is 0 Å². The number of carbonyl (C=O) groups is 2. The Hall–Kier alpha value is -2.34. The molecule has 4 rings (SSSR count). The Labute approximate surface area is 189 Å². The molecule has 7 heteroatoms. The standard InChI is InChI=1S/C24H31ClN4O2/c1-2-3-5-8-20-16-28(17-23(30)27-13-6-4-7-14-27)24(31)22-15-21(26-29(20)22)18-9-11-19(25)12-10-18/h9-12,15,20H,2-8,13-14,16-17H2,1H3. The molecular weight excluding hydrogens is 412 g/mol. The zero-order chi connectivity index (χ0) is 21.8. The Morgan fingerprint density at radius 3 is 2.58 bits per heavy atom. The van der Waals surface area contributed by atoms with E-state index in [2.05, 4.69) is 6.92 Å². The summed E-state index contributed by atoms with van der Waals surface area (Å²) in [5, 5.41) is 5.47. The van der Waals surface area contributed by atoms with Crippen molar-refractivity contribution >= 4 is 23.4 Å². The molecule has 0 bridgehead atoms. The summed E-state index contributed by atoms with van der Waals surface area (Å²) in [6.45, 7) is 4.49. The maximum absolute atomic E-state index is 13.3. The molecule has 2 amide bonds. The molecule has 1 atom stereocenters. The monoisotopic (exact) mass is 442 g/mol. The molecule has 1 unspecified atom stereocenters. The number of fused-ring (bicyclic) bond motifs is 1. The average Bonchev–Trinajstić information content (AvgIpc) is 3.24. The van der Waals surface area contributed by atoms with Gasteiger partial charge < -0.3 is 9.80 Å². The lowest BCUT2D eigenvalue weighted by molar-refractivity contribution is -0.133. The summed E-state index contributed by atoms with van der Waals surface area (Å²) in [5.74, 6) is -0.0453. The molecule has 0 N–H and O–H groups in total. The van der Waals surface area contributed by atoms with Crippen molar-refractivity contribution < 1.29 is 9.59 Å². The number of aromatic nitrogens is 2. The van der Waals surface area contributed by atoms with Crippen molar-refractivity contribution in [3.05, 3.63) is 41.0 Å². The number of hydrogen-bond acceptors (Lipinski definition) is 3. The topological polar surface area (TPSA) is 58.4 Å². The predicted octanol–water partition coefficient (Wildman–Crippen LogP) is 4.79. The molecule has 0 saturated carbocycles. The van der Waals surface area contributed by atoms with Gasteiger partial charge >= 0.3 is 0 Å². The molecule has 2 aromatic rings. The van der Waals surface area contributed by atoms with Crippen molar-refractivity contribution in [3.8, 4) is 11.3 Å². The third-order valence-electron chi connectivity index (χ3n) is 6.33. The Balaban J connectivity index is 1.57. The fourth-order valence-electron chi connectivity index (χ4n) is 4.56. The lowest BCUT2D eigenvalue weighted by Crippen LogP contribution is -2.49. The van der Waals surface area contributed by atoms with Gasteiger partial charge in [0.1, 0.15) is 12.2 Å². The van der Waals surface area contributed by atoms with E-state index in [-0.39, 0.29) is 24.4 Å². The molecule has 0 spiro atoms. The van der Waals surface area contributed by atoms with Crippen molar-refractivity contribution in [3.63, 3.8) is 0 Å². The van der Waals surface area contributed by atoms with Crippen molar-refractivity contribution in [1.29, 1.82) is 0 Å². The molecule has 1 saturated heterocycles. The van der Waals surface area contributed by atoms with Crippen LogP contribution in [-0.2, 0) is 4.79 Å². The van der Waals surface area contributed by atoms with E-state index < -0.39 is 0 Å². The molecule has 0 aliphatic carbocycles. The van der Waals surface area contributed by atoms with E-state index >= 15 is 0 Å². The van der Waals surface area contributed by atoms with Gasteiger partial charge in [0.05, 0.1) is 11.7 Å². The minimum Gasteiger partial charge on any atom is -0.341 e. The summed E-state index contributed by atoms with van der Waals surface area (Å²) in [7, 11) is 0. The van der Waals surface area contributed by atoms with Crippen molar-refractivity contribution in [2.45, 2.75) is 57.9 Å². The number of piperidine rings is 1. The summed E-state index contributed by atoms with van der Waals surface area (Å²) in [6, 6.07) is 9.46. The van der Waals surface area contributed by atoms with Crippen LogP contribution in [0.1, 0.15) is 68.4 Å². The van der Waals surface area contributed by atoms with E-state index in [4.69, 9.17) is 16.7 Å². The second-order valence-corrected chi connectivity index (χ2v) is 9.08. The summed E-state index contributed by atoms with van der Waals surface area (Å²) in [4.78, 5) is 29.8. The highest BCUT2D eigenvalue weighted by Gasteiger charge is 2.34. The second kappa shape index (κ2) is 9.86. The van der Waals surface area contributed by atoms with Gasteiger partial charge in [-0.15, -0.1) is 0 Å². The average molecular weight is 443 g/mol. The van der Waals surface area contributed by atoms with Gasteiger partial charge in [0, 0.05) is 30.2 Å². The highest BCUT2D eigenvalue weighted by molar-refractivity contribution is 6.30. The molecule has 3 heterocycles.